The molecule has 6 heteroatoms. The number of nitrogens with one attached hydrogen (secondary N) is 2. The second-order valence-corrected chi connectivity index (χ2v) is 5.47. The Bertz CT molecular complexity index is 668. The van der Waals surface area contributed by atoms with E-state index in [0.29, 0.717) is 12.1 Å². The molecule has 0 saturated carbocycles. The molecular weight excluding hydrogens is 300 g/mol. The molecule has 2 N–H and O–H groups in total. The molecule has 1 aromatic heterocycles. The van der Waals surface area contributed by atoms with Crippen molar-refractivity contribution in [2.75, 3.05) is 13.1 Å². The SMILES string of the molecule is Cc1nn(C)cc1C(=O)NCC1NCCc2ccccc21.Cl. The number of aromatic nitrogens is 2. The largest absolute Gasteiger partial charge is 0.350 e. The molecule has 118 valence electrons. The minimum atomic E-state index is -0.0644. The van der Waals surface area contributed by atoms with Crippen LogP contribution in [0.15, 0.2) is 30.5 Å². The zero-order valence-electron chi connectivity index (χ0n) is 12.8. The zero-order valence-corrected chi connectivity index (χ0v) is 13.6. The summed E-state index contributed by atoms with van der Waals surface area (Å²) in [6, 6.07) is 8.59. The van der Waals surface area contributed by atoms with Crippen molar-refractivity contribution in [3.63, 3.8) is 0 Å². The van der Waals surface area contributed by atoms with Gasteiger partial charge in [0.1, 0.15) is 0 Å². The van der Waals surface area contributed by atoms with Crippen LogP contribution in [0.5, 0.6) is 0 Å². The Hall–Kier alpha value is -1.85. The second kappa shape index (κ2) is 6.94. The highest BCUT2D eigenvalue weighted by atomic mass is 35.5. The summed E-state index contributed by atoms with van der Waals surface area (Å²) >= 11 is 0. The average molecular weight is 321 g/mol. The van der Waals surface area contributed by atoms with Crippen molar-refractivity contribution in [1.29, 1.82) is 0 Å². The van der Waals surface area contributed by atoms with Crippen LogP contribution in [0.3, 0.4) is 0 Å². The summed E-state index contributed by atoms with van der Waals surface area (Å²) in [6.45, 7) is 3.39. The van der Waals surface area contributed by atoms with Gasteiger partial charge < -0.3 is 10.6 Å². The third kappa shape index (κ3) is 3.31. The summed E-state index contributed by atoms with van der Waals surface area (Å²) in [5, 5.41) is 10.7. The molecule has 22 heavy (non-hydrogen) atoms. The van der Waals surface area contributed by atoms with Gasteiger partial charge in [0, 0.05) is 25.8 Å². The number of aryl methyl sites for hydroxylation is 2. The van der Waals surface area contributed by atoms with Crippen LogP contribution in [-0.4, -0.2) is 28.8 Å². The van der Waals surface area contributed by atoms with E-state index in [1.165, 1.54) is 11.1 Å². The molecule has 1 aromatic carbocycles. The molecule has 0 fully saturated rings. The Balaban J connectivity index is 0.00000176. The number of benzene rings is 1. The van der Waals surface area contributed by atoms with Crippen molar-refractivity contribution >= 4 is 18.3 Å². The minimum Gasteiger partial charge on any atom is -0.350 e. The van der Waals surface area contributed by atoms with Gasteiger partial charge in [0.25, 0.3) is 5.91 Å². The molecule has 0 radical (unpaired) electrons. The van der Waals surface area contributed by atoms with Gasteiger partial charge in [-0.15, -0.1) is 12.4 Å². The molecule has 1 unspecified atom stereocenters. The topological polar surface area (TPSA) is 59.0 Å². The van der Waals surface area contributed by atoms with E-state index in [-0.39, 0.29) is 24.4 Å². The average Bonchev–Trinajstić information content (AvgIpc) is 2.83. The number of fused-ring (bicyclic) bond motifs is 1. The van der Waals surface area contributed by atoms with Gasteiger partial charge in [0.05, 0.1) is 11.3 Å². The predicted octanol–water partition coefficient (Wildman–Crippen LogP) is 1.77. The minimum absolute atomic E-state index is 0. The summed E-state index contributed by atoms with van der Waals surface area (Å²) < 4.78 is 1.67. The normalized spacial score (nSPS) is 16.5. The fraction of sp³-hybridized carbons (Fsp3) is 0.375. The van der Waals surface area contributed by atoms with Crippen LogP contribution >= 0.6 is 12.4 Å². The van der Waals surface area contributed by atoms with Crippen molar-refractivity contribution in [3.8, 4) is 0 Å². The molecule has 0 aliphatic carbocycles. The number of amides is 1. The molecule has 0 spiro atoms. The molecule has 0 bridgehead atoms. The van der Waals surface area contributed by atoms with E-state index < -0.39 is 0 Å². The lowest BCUT2D eigenvalue weighted by molar-refractivity contribution is 0.0948. The molecule has 1 aliphatic heterocycles. The quantitative estimate of drug-likeness (QED) is 0.906. The van der Waals surface area contributed by atoms with Gasteiger partial charge in [-0.1, -0.05) is 24.3 Å². The lowest BCUT2D eigenvalue weighted by Gasteiger charge is -2.27. The van der Waals surface area contributed by atoms with E-state index in [1.807, 2.05) is 20.0 Å². The fourth-order valence-electron chi connectivity index (χ4n) is 2.89. The Morgan fingerprint density at radius 3 is 2.95 bits per heavy atom. The van der Waals surface area contributed by atoms with E-state index in [0.717, 1.165) is 18.7 Å². The van der Waals surface area contributed by atoms with Gasteiger partial charge >= 0.3 is 0 Å². The third-order valence-corrected chi connectivity index (χ3v) is 3.94. The lowest BCUT2D eigenvalue weighted by Crippen LogP contribution is -2.38. The van der Waals surface area contributed by atoms with Gasteiger partial charge in [-0.3, -0.25) is 9.48 Å². The van der Waals surface area contributed by atoms with E-state index in [2.05, 4.69) is 33.9 Å². The fourth-order valence-corrected chi connectivity index (χ4v) is 2.89. The number of nitrogens with zero attached hydrogens (tertiary/aromatic N) is 2. The van der Waals surface area contributed by atoms with Crippen LogP contribution in [0.4, 0.5) is 0 Å². The first kappa shape index (κ1) is 16.5. The summed E-state index contributed by atoms with van der Waals surface area (Å²) in [4.78, 5) is 12.2. The lowest BCUT2D eigenvalue weighted by atomic mass is 9.94. The first-order chi connectivity index (χ1) is 10.1. The Morgan fingerprint density at radius 2 is 2.23 bits per heavy atom. The zero-order chi connectivity index (χ0) is 14.8. The first-order valence-electron chi connectivity index (χ1n) is 7.25. The Kier molecular flexibility index (Phi) is 5.21. The van der Waals surface area contributed by atoms with Crippen LogP contribution in [0.25, 0.3) is 0 Å². The summed E-state index contributed by atoms with van der Waals surface area (Å²) in [5.41, 5.74) is 4.05. The maximum atomic E-state index is 12.2. The van der Waals surface area contributed by atoms with Gasteiger partial charge in [-0.2, -0.15) is 5.10 Å². The second-order valence-electron chi connectivity index (χ2n) is 5.47. The summed E-state index contributed by atoms with van der Waals surface area (Å²) in [6.07, 6.45) is 2.80. The number of carbonyl (C=O) groups is 1. The molecule has 1 amide bonds. The van der Waals surface area contributed by atoms with Crippen molar-refractivity contribution in [2.24, 2.45) is 7.05 Å². The molecule has 2 aromatic rings. The van der Waals surface area contributed by atoms with Crippen LogP contribution < -0.4 is 10.6 Å². The van der Waals surface area contributed by atoms with Crippen molar-refractivity contribution in [2.45, 2.75) is 19.4 Å². The molecule has 1 aliphatic rings. The van der Waals surface area contributed by atoms with Crippen molar-refractivity contribution < 1.29 is 4.79 Å². The van der Waals surface area contributed by atoms with E-state index in [4.69, 9.17) is 0 Å². The highest BCUT2D eigenvalue weighted by Gasteiger charge is 2.20. The van der Waals surface area contributed by atoms with Crippen LogP contribution in [-0.2, 0) is 13.5 Å². The van der Waals surface area contributed by atoms with Crippen molar-refractivity contribution in [3.05, 3.63) is 52.8 Å². The molecule has 2 heterocycles. The number of carbonyl (C=O) groups excluding carboxylic acids is 1. The smallest absolute Gasteiger partial charge is 0.254 e. The van der Waals surface area contributed by atoms with Gasteiger partial charge in [0.15, 0.2) is 0 Å². The molecule has 0 saturated heterocycles. The van der Waals surface area contributed by atoms with Crippen molar-refractivity contribution in [1.82, 2.24) is 20.4 Å². The number of rotatable bonds is 3. The van der Waals surface area contributed by atoms with E-state index in [1.54, 1.807) is 10.9 Å². The predicted molar refractivity (Wildman–Crippen MR) is 88.4 cm³/mol. The Labute approximate surface area is 136 Å². The van der Waals surface area contributed by atoms with Gasteiger partial charge in [-0.05, 0) is 31.0 Å². The van der Waals surface area contributed by atoms with Gasteiger partial charge in [-0.25, -0.2) is 0 Å². The maximum absolute atomic E-state index is 12.2. The summed E-state index contributed by atoms with van der Waals surface area (Å²) in [7, 11) is 1.82. The van der Waals surface area contributed by atoms with Crippen LogP contribution in [0.2, 0.25) is 0 Å². The maximum Gasteiger partial charge on any atom is 0.254 e. The Morgan fingerprint density at radius 1 is 1.45 bits per heavy atom. The monoisotopic (exact) mass is 320 g/mol. The standard InChI is InChI=1S/C16H20N4O.ClH/c1-11-14(10-20(2)19-11)16(21)18-9-15-13-6-4-3-5-12(13)7-8-17-15;/h3-6,10,15,17H,7-9H2,1-2H3,(H,18,21);1H. The summed E-state index contributed by atoms with van der Waals surface area (Å²) in [5.74, 6) is -0.0644. The third-order valence-electron chi connectivity index (χ3n) is 3.94. The number of hydrogen-bond donors (Lipinski definition) is 2. The molecular formula is C16H21ClN4O. The molecule has 5 nitrogen and oxygen atoms in total. The van der Waals surface area contributed by atoms with Crippen LogP contribution in [0, 0.1) is 6.92 Å². The van der Waals surface area contributed by atoms with Gasteiger partial charge in [0.2, 0.25) is 0 Å². The van der Waals surface area contributed by atoms with E-state index >= 15 is 0 Å². The highest BCUT2D eigenvalue weighted by Crippen LogP contribution is 2.21. The molecule has 1 atom stereocenters. The first-order valence-corrected chi connectivity index (χ1v) is 7.25. The molecule has 3 rings (SSSR count). The number of hydrogen-bond acceptors (Lipinski definition) is 3. The highest BCUT2D eigenvalue weighted by molar-refractivity contribution is 5.95. The van der Waals surface area contributed by atoms with E-state index in [9.17, 15) is 4.79 Å². The van der Waals surface area contributed by atoms with Crippen LogP contribution in [0.1, 0.15) is 33.2 Å². The number of halogens is 1.